The van der Waals surface area contributed by atoms with Crippen LogP contribution in [0.15, 0.2) is 75.9 Å². The molecule has 0 radical (unpaired) electrons. The van der Waals surface area contributed by atoms with Crippen LogP contribution in [0, 0.1) is 17.3 Å². The summed E-state index contributed by atoms with van der Waals surface area (Å²) in [5.41, 5.74) is -4.87. The van der Waals surface area contributed by atoms with Gasteiger partial charge >= 0.3 is 77.2 Å². The van der Waals surface area contributed by atoms with Crippen LogP contribution in [0.2, 0.25) is 0 Å². The molecule has 59 heavy (non-hydrogen) atoms. The Bertz CT molecular complexity index is 1580. The van der Waals surface area contributed by atoms with Crippen molar-refractivity contribution in [2.75, 3.05) is 33.0 Å². The summed E-state index contributed by atoms with van der Waals surface area (Å²) in [6.45, 7) is 4.67. The molecule has 0 N–H and O–H groups in total. The third-order valence-electron chi connectivity index (χ3n) is 7.86. The Balaban J connectivity index is 7.89. The molecule has 0 aliphatic carbocycles. The maximum absolute atomic E-state index is 15.9. The molecule has 2 atom stereocenters. The molecule has 0 saturated carbocycles. The number of hydrogen-bond acceptors (Lipinski definition) is 10. The third-order valence-corrected chi connectivity index (χ3v) is 7.86. The first-order valence-corrected chi connectivity index (χ1v) is 15.2. The Kier molecular flexibility index (Phi) is 17.4. The topological polar surface area (TPSA) is 132 Å². The van der Waals surface area contributed by atoms with Crippen LogP contribution < -0.4 is 0 Å². The van der Waals surface area contributed by atoms with Crippen molar-refractivity contribution in [1.29, 1.82) is 0 Å². The number of esters is 5. The van der Waals surface area contributed by atoms with Gasteiger partial charge in [-0.05, 0) is 0 Å². The van der Waals surface area contributed by atoms with E-state index in [-0.39, 0.29) is 36.5 Å². The van der Waals surface area contributed by atoms with E-state index in [2.05, 4.69) is 63.2 Å². The molecular weight excluding hydrogens is 860 g/mol. The van der Waals surface area contributed by atoms with Gasteiger partial charge in [0.05, 0.1) is 12.5 Å². The molecule has 0 heterocycles. The maximum Gasteiger partial charge on any atom is 0.384 e. The molecule has 0 aromatic rings. The summed E-state index contributed by atoms with van der Waals surface area (Å²) in [5, 5.41) is 0. The summed E-state index contributed by atoms with van der Waals surface area (Å²) in [7, 11) is 0. The second kappa shape index (κ2) is 19.2. The first-order valence-electron chi connectivity index (χ1n) is 15.2. The van der Waals surface area contributed by atoms with E-state index >= 15 is 70.2 Å². The van der Waals surface area contributed by atoms with Crippen LogP contribution in [-0.4, -0.2) is 110 Å². The van der Waals surface area contributed by atoms with Crippen LogP contribution in [-0.2, 0) is 47.7 Å². The molecule has 334 valence electrons. The van der Waals surface area contributed by atoms with Crippen LogP contribution >= 0.6 is 0 Å². The zero-order valence-corrected chi connectivity index (χ0v) is 29.5. The molecule has 0 aliphatic rings. The van der Waals surface area contributed by atoms with Crippen LogP contribution in [0.4, 0.5) is 70.2 Å². The van der Waals surface area contributed by atoms with Gasteiger partial charge in [0.2, 0.25) is 0 Å². The van der Waals surface area contributed by atoms with Gasteiger partial charge in [0, 0.05) is 36.3 Å². The Hall–Kier alpha value is -5.33. The Labute approximate surface area is 321 Å². The van der Waals surface area contributed by atoms with Gasteiger partial charge in [0.25, 0.3) is 0 Å². The first-order chi connectivity index (χ1) is 26.6. The normalized spacial score (nSPS) is 14.4. The van der Waals surface area contributed by atoms with Crippen LogP contribution in [0.5, 0.6) is 0 Å². The van der Waals surface area contributed by atoms with Gasteiger partial charge in [-0.25, -0.2) is 24.0 Å². The molecule has 0 rings (SSSR count). The molecule has 0 aromatic heterocycles. The van der Waals surface area contributed by atoms with Gasteiger partial charge in [0.1, 0.15) is 31.8 Å². The molecule has 0 aromatic carbocycles. The molecule has 0 amide bonds. The minimum Gasteiger partial charge on any atom is -0.462 e. The van der Waals surface area contributed by atoms with E-state index in [0.717, 1.165) is 0 Å². The Morgan fingerprint density at radius 3 is 0.932 bits per heavy atom. The summed E-state index contributed by atoms with van der Waals surface area (Å²) in [6, 6.07) is 0. The summed E-state index contributed by atoms with van der Waals surface area (Å²) in [6.07, 6.45) is 0.550. The van der Waals surface area contributed by atoms with Gasteiger partial charge in [-0.2, -0.15) is 70.2 Å². The highest BCUT2D eigenvalue weighted by Crippen LogP contribution is 2.66. The molecule has 10 nitrogen and oxygen atoms in total. The van der Waals surface area contributed by atoms with Gasteiger partial charge in [-0.15, -0.1) is 6.58 Å². The monoisotopic (exact) mass is 890 g/mol. The lowest BCUT2D eigenvalue weighted by Crippen LogP contribution is -2.77. The van der Waals surface area contributed by atoms with Crippen molar-refractivity contribution >= 4 is 29.8 Å². The highest BCUT2D eigenvalue weighted by Gasteiger charge is 2.96. The lowest BCUT2D eigenvalue weighted by molar-refractivity contribution is -0.462. The second-order valence-electron chi connectivity index (χ2n) is 11.5. The summed E-state index contributed by atoms with van der Waals surface area (Å²) in [5.74, 6) is -82.6. The minimum absolute atomic E-state index is 0.0347. The van der Waals surface area contributed by atoms with Crippen molar-refractivity contribution in [3.63, 3.8) is 0 Å². The number of alkyl halides is 16. The van der Waals surface area contributed by atoms with Gasteiger partial charge in [-0.3, -0.25) is 0 Å². The lowest BCUT2D eigenvalue weighted by atomic mass is 9.75. The van der Waals surface area contributed by atoms with Crippen LogP contribution in [0.1, 0.15) is 0 Å². The van der Waals surface area contributed by atoms with Crippen molar-refractivity contribution in [3.8, 4) is 0 Å². The number of carbonyl (C=O) groups is 5. The van der Waals surface area contributed by atoms with E-state index in [4.69, 9.17) is 0 Å². The van der Waals surface area contributed by atoms with Crippen LogP contribution in [0.25, 0.3) is 0 Å². The molecule has 0 fully saturated rings. The predicted molar refractivity (Wildman–Crippen MR) is 165 cm³/mol. The quantitative estimate of drug-likeness (QED) is 0.0291. The average molecular weight is 891 g/mol. The zero-order chi connectivity index (χ0) is 46.9. The second-order valence-corrected chi connectivity index (χ2v) is 11.5. The summed E-state index contributed by atoms with van der Waals surface area (Å²) < 4.78 is 265. The van der Waals surface area contributed by atoms with E-state index in [1.165, 1.54) is 0 Å². The zero-order valence-electron chi connectivity index (χ0n) is 29.5. The number of carbonyl (C=O) groups excluding carboxylic acids is 5. The van der Waals surface area contributed by atoms with E-state index in [1.807, 2.05) is 0 Å². The minimum atomic E-state index is -9.00. The highest BCUT2D eigenvalue weighted by atomic mass is 19.4. The fraction of sp³-hybridized carbons (Fsp3) is 0.485. The number of ether oxygens (including phenoxy) is 5. The van der Waals surface area contributed by atoms with E-state index in [9.17, 15) is 24.0 Å². The average Bonchev–Trinajstić information content (AvgIpc) is 3.16. The highest BCUT2D eigenvalue weighted by molar-refractivity contribution is 5.82. The van der Waals surface area contributed by atoms with Crippen molar-refractivity contribution in [1.82, 2.24) is 0 Å². The maximum atomic E-state index is 15.9. The van der Waals surface area contributed by atoms with Crippen molar-refractivity contribution in [2.45, 2.75) is 47.4 Å². The number of halogens is 16. The Morgan fingerprint density at radius 1 is 0.390 bits per heavy atom. The number of rotatable bonds is 26. The van der Waals surface area contributed by atoms with E-state index in [0.29, 0.717) is 0 Å². The molecular formula is C33H30F16O10. The molecule has 26 heteroatoms. The standard InChI is InChI=1S/C33H30F16O10/c1-7-18(13-55-20(50)8-2)19(14-56-21(51)9-3)26(34,35)28(38,39)30(42,43)32(46,47)33(48,49)31(44,45)29(40,41)27(36,37)25(15-57-22(52)10-4,16-58-23(53)11-5)17-59-24(54)12-6/h7-12,18-19H,1-6,13-17H2. The SMILES string of the molecule is C=CC(=O)OCC(C=C)C(COC(=O)C=C)C(F)(F)C(F)(F)C(F)(F)C(F)(F)C(F)(F)C(F)(F)C(F)(F)C(F)(F)C(COC(=O)C=C)(COC(=O)C=C)COC(=O)C=C. The van der Waals surface area contributed by atoms with Crippen molar-refractivity contribution in [3.05, 3.63) is 75.9 Å². The van der Waals surface area contributed by atoms with Crippen LogP contribution in [0.3, 0.4) is 0 Å². The van der Waals surface area contributed by atoms with Gasteiger partial charge in [0.15, 0.2) is 0 Å². The first kappa shape index (κ1) is 53.7. The van der Waals surface area contributed by atoms with Gasteiger partial charge in [-0.1, -0.05) is 39.0 Å². The van der Waals surface area contributed by atoms with E-state index < -0.39 is 128 Å². The summed E-state index contributed by atoms with van der Waals surface area (Å²) in [4.78, 5) is 57.7. The molecule has 0 spiro atoms. The molecule has 0 aliphatic heterocycles. The predicted octanol–water partition coefficient (Wildman–Crippen LogP) is 7.12. The lowest BCUT2D eigenvalue weighted by Gasteiger charge is -2.47. The Morgan fingerprint density at radius 2 is 0.644 bits per heavy atom. The largest absolute Gasteiger partial charge is 0.462 e. The van der Waals surface area contributed by atoms with Crippen molar-refractivity contribution < 1.29 is 118 Å². The molecule has 0 bridgehead atoms. The van der Waals surface area contributed by atoms with Gasteiger partial charge < -0.3 is 23.7 Å². The van der Waals surface area contributed by atoms with E-state index in [1.54, 1.807) is 0 Å². The fourth-order valence-corrected chi connectivity index (χ4v) is 4.28. The molecule has 2 unspecified atom stereocenters. The summed E-state index contributed by atoms with van der Waals surface area (Å²) >= 11 is 0. The third kappa shape index (κ3) is 9.93. The van der Waals surface area contributed by atoms with Crippen molar-refractivity contribution in [2.24, 2.45) is 17.3 Å². The number of hydrogen-bond donors (Lipinski definition) is 0. The molecule has 0 saturated heterocycles. The smallest absolute Gasteiger partial charge is 0.384 e. The fourth-order valence-electron chi connectivity index (χ4n) is 4.28.